The second-order valence-electron chi connectivity index (χ2n) is 7.61. The van der Waals surface area contributed by atoms with Gasteiger partial charge in [-0.1, -0.05) is 36.4 Å². The molecule has 0 radical (unpaired) electrons. The minimum absolute atomic E-state index is 0.0679. The van der Waals surface area contributed by atoms with E-state index in [1.54, 1.807) is 42.5 Å². The maximum atomic E-state index is 13.2. The number of nitrogen functional groups attached to an aromatic ring is 1. The van der Waals surface area contributed by atoms with Gasteiger partial charge in [0.05, 0.1) is 17.2 Å². The van der Waals surface area contributed by atoms with Crippen LogP contribution in [0.25, 0.3) is 22.2 Å². The number of phenols is 1. The Hall–Kier alpha value is -4.79. The van der Waals surface area contributed by atoms with E-state index in [4.69, 9.17) is 5.73 Å². The number of aromatic hydroxyl groups is 1. The molecule has 4 N–H and O–H groups in total. The van der Waals surface area contributed by atoms with Crippen LogP contribution in [-0.4, -0.2) is 31.9 Å². The van der Waals surface area contributed by atoms with Gasteiger partial charge in [-0.05, 0) is 47.5 Å². The summed E-state index contributed by atoms with van der Waals surface area (Å²) >= 11 is 0. The lowest BCUT2D eigenvalue weighted by molar-refractivity contribution is 0.0953. The first-order chi connectivity index (χ1) is 16.5. The van der Waals surface area contributed by atoms with Crippen LogP contribution in [0.5, 0.6) is 5.75 Å². The summed E-state index contributed by atoms with van der Waals surface area (Å²) in [5, 5.41) is 16.9. The van der Waals surface area contributed by atoms with Crippen molar-refractivity contribution in [1.82, 2.24) is 20.0 Å². The van der Waals surface area contributed by atoms with Crippen LogP contribution < -0.4 is 11.1 Å². The van der Waals surface area contributed by atoms with E-state index in [1.807, 2.05) is 18.2 Å². The topological polar surface area (TPSA) is 118 Å². The number of halogens is 1. The van der Waals surface area contributed by atoms with Crippen molar-refractivity contribution in [2.24, 2.45) is 5.10 Å². The van der Waals surface area contributed by atoms with Crippen molar-refractivity contribution in [3.8, 4) is 5.75 Å². The molecular formula is C25H19FN6O2. The number of nitrogens with two attached hydrogens (primary N) is 1. The van der Waals surface area contributed by atoms with E-state index in [1.165, 1.54) is 23.0 Å². The van der Waals surface area contributed by atoms with E-state index in [-0.39, 0.29) is 29.5 Å². The van der Waals surface area contributed by atoms with Crippen LogP contribution in [0.15, 0.2) is 77.9 Å². The van der Waals surface area contributed by atoms with E-state index < -0.39 is 5.91 Å². The lowest BCUT2D eigenvalue weighted by Gasteiger charge is -2.06. The summed E-state index contributed by atoms with van der Waals surface area (Å²) in [5.41, 5.74) is 9.74. The smallest absolute Gasteiger partial charge is 0.257 e. The molecule has 5 rings (SSSR count). The number of anilines is 1. The van der Waals surface area contributed by atoms with E-state index in [9.17, 15) is 14.3 Å². The van der Waals surface area contributed by atoms with E-state index in [2.05, 4.69) is 20.4 Å². The normalized spacial score (nSPS) is 11.4. The third kappa shape index (κ3) is 4.02. The molecule has 8 nitrogen and oxygen atoms in total. The van der Waals surface area contributed by atoms with Gasteiger partial charge in [0, 0.05) is 6.54 Å². The number of hydrogen-bond donors (Lipinski definition) is 3. The molecule has 2 heterocycles. The van der Waals surface area contributed by atoms with Crippen molar-refractivity contribution in [3.05, 3.63) is 95.3 Å². The predicted molar refractivity (Wildman–Crippen MR) is 128 cm³/mol. The van der Waals surface area contributed by atoms with Crippen LogP contribution in [0.1, 0.15) is 21.5 Å². The Morgan fingerprint density at radius 1 is 1.06 bits per heavy atom. The number of para-hydroxylation sites is 2. The third-order valence-corrected chi connectivity index (χ3v) is 5.26. The van der Waals surface area contributed by atoms with Gasteiger partial charge in [0.15, 0.2) is 5.65 Å². The fourth-order valence-corrected chi connectivity index (χ4v) is 3.59. The quantitative estimate of drug-likeness (QED) is 0.349. The Labute approximate surface area is 193 Å². The molecule has 34 heavy (non-hydrogen) atoms. The molecule has 0 unspecified atom stereocenters. The fourth-order valence-electron chi connectivity index (χ4n) is 3.59. The Balaban J connectivity index is 1.58. The number of amides is 1. The Kier molecular flexibility index (Phi) is 5.35. The van der Waals surface area contributed by atoms with Crippen LogP contribution in [0, 0.1) is 5.82 Å². The Morgan fingerprint density at radius 3 is 2.53 bits per heavy atom. The maximum absolute atomic E-state index is 13.2. The predicted octanol–water partition coefficient (Wildman–Crippen LogP) is 3.82. The minimum atomic E-state index is -0.456. The van der Waals surface area contributed by atoms with E-state index in [0.717, 1.165) is 5.56 Å². The van der Waals surface area contributed by atoms with Crippen molar-refractivity contribution in [2.75, 3.05) is 5.73 Å². The Morgan fingerprint density at radius 2 is 1.79 bits per heavy atom. The van der Waals surface area contributed by atoms with Gasteiger partial charge < -0.3 is 16.2 Å². The molecule has 0 atom stereocenters. The number of nitrogens with zero attached hydrogens (tertiary/aromatic N) is 4. The molecule has 168 valence electrons. The summed E-state index contributed by atoms with van der Waals surface area (Å²) in [6.45, 7) is 0.179. The van der Waals surface area contributed by atoms with Crippen molar-refractivity contribution in [2.45, 2.75) is 6.54 Å². The minimum Gasteiger partial charge on any atom is -0.508 e. The zero-order valence-electron chi connectivity index (χ0n) is 17.8. The number of fused-ring (bicyclic) bond motifs is 2. The first kappa shape index (κ1) is 21.1. The van der Waals surface area contributed by atoms with Crippen molar-refractivity contribution < 1.29 is 14.3 Å². The molecule has 0 saturated heterocycles. The molecule has 9 heteroatoms. The number of carbonyl (C=O) groups is 1. The molecule has 2 aromatic heterocycles. The van der Waals surface area contributed by atoms with Gasteiger partial charge >= 0.3 is 0 Å². The summed E-state index contributed by atoms with van der Waals surface area (Å²) in [5.74, 6) is -0.643. The largest absolute Gasteiger partial charge is 0.508 e. The van der Waals surface area contributed by atoms with Crippen LogP contribution >= 0.6 is 0 Å². The number of benzene rings is 3. The number of nitrogens with one attached hydrogen (secondary N) is 1. The average molecular weight is 454 g/mol. The SMILES string of the molecule is Nc1c(C(=O)NCc2ccc(F)cc2)c2nc3ccccc3nc2n1/N=C\c1cccc(O)c1. The highest BCUT2D eigenvalue weighted by Gasteiger charge is 2.24. The van der Waals surface area contributed by atoms with Crippen molar-refractivity contribution >= 4 is 40.1 Å². The lowest BCUT2D eigenvalue weighted by Crippen LogP contribution is -2.23. The van der Waals surface area contributed by atoms with Crippen molar-refractivity contribution in [3.63, 3.8) is 0 Å². The first-order valence-electron chi connectivity index (χ1n) is 10.4. The molecule has 3 aromatic carbocycles. The molecule has 0 aliphatic heterocycles. The molecule has 0 saturated carbocycles. The molecule has 5 aromatic rings. The summed E-state index contributed by atoms with van der Waals surface area (Å²) in [4.78, 5) is 22.4. The number of hydrogen-bond acceptors (Lipinski definition) is 6. The van der Waals surface area contributed by atoms with Crippen LogP contribution in [0.3, 0.4) is 0 Å². The van der Waals surface area contributed by atoms with E-state index >= 15 is 0 Å². The van der Waals surface area contributed by atoms with Gasteiger partial charge in [0.1, 0.15) is 28.5 Å². The van der Waals surface area contributed by atoms with Gasteiger partial charge in [-0.15, -0.1) is 0 Å². The highest BCUT2D eigenvalue weighted by Crippen LogP contribution is 2.28. The Bertz CT molecular complexity index is 1560. The van der Waals surface area contributed by atoms with Crippen molar-refractivity contribution in [1.29, 1.82) is 0 Å². The molecule has 0 fully saturated rings. The van der Waals surface area contributed by atoms with Crippen LogP contribution in [-0.2, 0) is 6.54 Å². The summed E-state index contributed by atoms with van der Waals surface area (Å²) in [6, 6.07) is 19.7. The second kappa shape index (κ2) is 8.62. The zero-order valence-corrected chi connectivity index (χ0v) is 17.8. The first-order valence-corrected chi connectivity index (χ1v) is 10.4. The van der Waals surface area contributed by atoms with Gasteiger partial charge in [-0.3, -0.25) is 4.79 Å². The summed E-state index contributed by atoms with van der Waals surface area (Å²) < 4.78 is 14.5. The van der Waals surface area contributed by atoms with E-state index in [0.29, 0.717) is 27.8 Å². The van der Waals surface area contributed by atoms with Gasteiger partial charge in [-0.2, -0.15) is 9.78 Å². The summed E-state index contributed by atoms with van der Waals surface area (Å²) in [6.07, 6.45) is 1.51. The molecular weight excluding hydrogens is 435 g/mol. The molecule has 0 aliphatic carbocycles. The standard InChI is InChI=1S/C25H19FN6O2/c26-17-10-8-15(9-11-17)13-28-25(34)21-22-24(31-20-7-2-1-6-19(20)30-22)32(23(21)27)29-14-16-4-3-5-18(33)12-16/h1-12,14,33H,13,27H2,(H,28,34)/b29-14-. The number of aromatic nitrogens is 3. The fraction of sp³-hybridized carbons (Fsp3) is 0.0400. The lowest BCUT2D eigenvalue weighted by atomic mass is 10.2. The van der Waals surface area contributed by atoms with Crippen LogP contribution in [0.4, 0.5) is 10.2 Å². The zero-order chi connectivity index (χ0) is 23.7. The van der Waals surface area contributed by atoms with Crippen LogP contribution in [0.2, 0.25) is 0 Å². The number of rotatable bonds is 5. The molecule has 0 aliphatic rings. The third-order valence-electron chi connectivity index (χ3n) is 5.26. The number of phenolic OH excluding ortho intramolecular Hbond substituents is 1. The molecule has 0 bridgehead atoms. The molecule has 0 spiro atoms. The monoisotopic (exact) mass is 454 g/mol. The number of carbonyl (C=O) groups excluding carboxylic acids is 1. The van der Waals surface area contributed by atoms with Gasteiger partial charge in [-0.25, -0.2) is 14.4 Å². The maximum Gasteiger partial charge on any atom is 0.257 e. The van der Waals surface area contributed by atoms with Gasteiger partial charge in [0.25, 0.3) is 5.91 Å². The summed E-state index contributed by atoms with van der Waals surface area (Å²) in [7, 11) is 0. The highest BCUT2D eigenvalue weighted by molar-refractivity contribution is 6.10. The van der Waals surface area contributed by atoms with Gasteiger partial charge in [0.2, 0.25) is 0 Å². The average Bonchev–Trinajstić information content (AvgIpc) is 3.10. The second-order valence-corrected chi connectivity index (χ2v) is 7.61. The highest BCUT2D eigenvalue weighted by atomic mass is 19.1. The molecule has 1 amide bonds.